The molecule has 0 spiro atoms. The molecule has 0 saturated heterocycles. The molecule has 28 heavy (non-hydrogen) atoms. The van der Waals surface area contributed by atoms with Crippen LogP contribution in [0, 0.1) is 5.92 Å². The first kappa shape index (κ1) is 19.1. The fourth-order valence-electron chi connectivity index (χ4n) is 3.73. The summed E-state index contributed by atoms with van der Waals surface area (Å²) in [6.45, 7) is 3.78. The number of rotatable bonds is 7. The van der Waals surface area contributed by atoms with Gasteiger partial charge in [0.2, 0.25) is 0 Å². The normalized spacial score (nSPS) is 16.0. The van der Waals surface area contributed by atoms with Crippen LogP contribution in [0.1, 0.15) is 42.6 Å². The first-order chi connectivity index (χ1) is 13.3. The van der Waals surface area contributed by atoms with Gasteiger partial charge in [-0.15, -0.1) is 0 Å². The van der Waals surface area contributed by atoms with Gasteiger partial charge in [-0.3, -0.25) is 4.68 Å². The van der Waals surface area contributed by atoms with Gasteiger partial charge in [-0.2, -0.15) is 18.3 Å². The molecule has 1 fully saturated rings. The van der Waals surface area contributed by atoms with Crippen LogP contribution >= 0.6 is 0 Å². The van der Waals surface area contributed by atoms with Gasteiger partial charge in [-0.25, -0.2) is 0 Å². The Labute approximate surface area is 162 Å². The molecule has 150 valence electrons. The summed E-state index contributed by atoms with van der Waals surface area (Å²) in [6.07, 6.45) is -0.117. The van der Waals surface area contributed by atoms with Crippen LogP contribution in [0.25, 0.3) is 10.9 Å². The molecular formula is C21H25F3N4. The number of hydrogen-bond acceptors (Lipinski definition) is 2. The summed E-state index contributed by atoms with van der Waals surface area (Å²) in [6, 6.07) is 9.43. The summed E-state index contributed by atoms with van der Waals surface area (Å²) in [5, 5.41) is 8.37. The Hall–Kier alpha value is -2.28. The van der Waals surface area contributed by atoms with E-state index < -0.39 is 11.9 Å². The molecule has 0 amide bonds. The zero-order valence-corrected chi connectivity index (χ0v) is 16.1. The number of alkyl halides is 3. The Morgan fingerprint density at radius 2 is 2.00 bits per heavy atom. The zero-order valence-electron chi connectivity index (χ0n) is 16.1. The van der Waals surface area contributed by atoms with E-state index in [1.165, 1.54) is 27.2 Å². The molecule has 4 nitrogen and oxygen atoms in total. The van der Waals surface area contributed by atoms with E-state index >= 15 is 0 Å². The van der Waals surface area contributed by atoms with Crippen molar-refractivity contribution in [3.63, 3.8) is 0 Å². The second kappa shape index (κ2) is 7.28. The Bertz CT molecular complexity index is 966. The van der Waals surface area contributed by atoms with E-state index in [9.17, 15) is 13.2 Å². The molecule has 2 heterocycles. The Morgan fingerprint density at radius 1 is 1.25 bits per heavy atom. The number of para-hydroxylation sites is 1. The maximum atomic E-state index is 13.1. The summed E-state index contributed by atoms with van der Waals surface area (Å²) in [7, 11) is 2.03. The average molecular weight is 390 g/mol. The predicted molar refractivity (Wildman–Crippen MR) is 103 cm³/mol. The number of nitrogens with zero attached hydrogens (tertiary/aromatic N) is 3. The third-order valence-electron chi connectivity index (χ3n) is 5.50. The molecule has 2 aromatic heterocycles. The first-order valence-corrected chi connectivity index (χ1v) is 9.71. The lowest BCUT2D eigenvalue weighted by Crippen LogP contribution is -2.22. The van der Waals surface area contributed by atoms with Crippen LogP contribution < -0.4 is 5.32 Å². The van der Waals surface area contributed by atoms with Crippen LogP contribution in [0.5, 0.6) is 0 Å². The van der Waals surface area contributed by atoms with E-state index in [1.807, 2.05) is 19.2 Å². The molecule has 1 aromatic carbocycles. The van der Waals surface area contributed by atoms with Gasteiger partial charge in [0.05, 0.1) is 5.69 Å². The molecule has 1 aliphatic rings. The van der Waals surface area contributed by atoms with Crippen LogP contribution in [-0.2, 0) is 26.3 Å². The third-order valence-corrected chi connectivity index (χ3v) is 5.50. The second-order valence-electron chi connectivity index (χ2n) is 7.89. The molecule has 1 atom stereocenters. The van der Waals surface area contributed by atoms with Gasteiger partial charge in [0.1, 0.15) is 0 Å². The summed E-state index contributed by atoms with van der Waals surface area (Å²) in [5.74, 6) is 0.710. The Balaban J connectivity index is 1.45. The summed E-state index contributed by atoms with van der Waals surface area (Å²) < 4.78 is 42.8. The number of hydrogen-bond donors (Lipinski definition) is 1. The van der Waals surface area contributed by atoms with Crippen molar-refractivity contribution in [2.45, 2.75) is 44.9 Å². The minimum Gasteiger partial charge on any atom is -0.350 e. The molecule has 1 saturated carbocycles. The van der Waals surface area contributed by atoms with Gasteiger partial charge in [-0.05, 0) is 42.4 Å². The van der Waals surface area contributed by atoms with Crippen LogP contribution in [0.2, 0.25) is 0 Å². The lowest BCUT2D eigenvalue weighted by atomic mass is 10.0. The summed E-state index contributed by atoms with van der Waals surface area (Å²) in [5.41, 5.74) is 2.23. The fourth-order valence-corrected chi connectivity index (χ4v) is 3.73. The summed E-state index contributed by atoms with van der Waals surface area (Å²) >= 11 is 0. The minimum atomic E-state index is -4.40. The van der Waals surface area contributed by atoms with Crippen molar-refractivity contribution >= 4 is 10.9 Å². The molecule has 4 rings (SSSR count). The average Bonchev–Trinajstić information content (AvgIpc) is 3.27. The monoisotopic (exact) mass is 390 g/mol. The third kappa shape index (κ3) is 3.94. The van der Waals surface area contributed by atoms with E-state index in [0.29, 0.717) is 31.2 Å². The number of benzene rings is 1. The Morgan fingerprint density at radius 3 is 2.71 bits per heavy atom. The predicted octanol–water partition coefficient (Wildman–Crippen LogP) is 4.70. The molecule has 3 aromatic rings. The maximum absolute atomic E-state index is 13.1. The molecule has 0 aliphatic heterocycles. The van der Waals surface area contributed by atoms with E-state index in [1.54, 1.807) is 0 Å². The fraction of sp³-hybridized carbons (Fsp3) is 0.476. The van der Waals surface area contributed by atoms with E-state index in [2.05, 4.69) is 40.2 Å². The topological polar surface area (TPSA) is 34.8 Å². The largest absolute Gasteiger partial charge is 0.435 e. The maximum Gasteiger partial charge on any atom is 0.435 e. The van der Waals surface area contributed by atoms with Crippen molar-refractivity contribution < 1.29 is 13.2 Å². The van der Waals surface area contributed by atoms with Crippen LogP contribution in [-0.4, -0.2) is 20.9 Å². The number of halogens is 3. The van der Waals surface area contributed by atoms with Crippen LogP contribution in [0.15, 0.2) is 36.5 Å². The highest BCUT2D eigenvalue weighted by Gasteiger charge is 2.35. The number of nitrogens with one attached hydrogen (secondary N) is 1. The molecule has 0 bridgehead atoms. The van der Waals surface area contributed by atoms with E-state index in [0.717, 1.165) is 12.8 Å². The van der Waals surface area contributed by atoms with Crippen molar-refractivity contribution in [1.82, 2.24) is 19.7 Å². The second-order valence-corrected chi connectivity index (χ2v) is 7.89. The molecular weight excluding hydrogens is 365 g/mol. The van der Waals surface area contributed by atoms with Gasteiger partial charge < -0.3 is 9.88 Å². The SMILES string of the molecule is CC(CNCc1cc(C(F)(F)F)nn1CC1CC1)c1cn(C)c2ccccc12. The van der Waals surface area contributed by atoms with E-state index in [4.69, 9.17) is 0 Å². The van der Waals surface area contributed by atoms with Gasteiger partial charge in [-0.1, -0.05) is 25.1 Å². The van der Waals surface area contributed by atoms with Gasteiger partial charge in [0.15, 0.2) is 5.69 Å². The lowest BCUT2D eigenvalue weighted by Gasteiger charge is -2.13. The van der Waals surface area contributed by atoms with Crippen molar-refractivity contribution in [2.24, 2.45) is 13.0 Å². The summed E-state index contributed by atoms with van der Waals surface area (Å²) in [4.78, 5) is 0. The highest BCUT2D eigenvalue weighted by Crippen LogP contribution is 2.33. The van der Waals surface area contributed by atoms with Crippen LogP contribution in [0.4, 0.5) is 13.2 Å². The molecule has 1 aliphatic carbocycles. The zero-order chi connectivity index (χ0) is 19.9. The highest BCUT2D eigenvalue weighted by atomic mass is 19.4. The number of aromatic nitrogens is 3. The molecule has 0 radical (unpaired) electrons. The van der Waals surface area contributed by atoms with Gasteiger partial charge in [0.25, 0.3) is 0 Å². The van der Waals surface area contributed by atoms with E-state index in [-0.39, 0.29) is 5.92 Å². The van der Waals surface area contributed by atoms with Crippen molar-refractivity contribution in [3.05, 3.63) is 53.5 Å². The van der Waals surface area contributed by atoms with Crippen molar-refractivity contribution in [1.29, 1.82) is 0 Å². The van der Waals surface area contributed by atoms with Crippen molar-refractivity contribution in [3.8, 4) is 0 Å². The molecule has 1 unspecified atom stereocenters. The number of aryl methyl sites for hydroxylation is 1. The molecule has 7 heteroatoms. The minimum absolute atomic E-state index is 0.244. The first-order valence-electron chi connectivity index (χ1n) is 9.71. The quantitative estimate of drug-likeness (QED) is 0.635. The Kier molecular flexibility index (Phi) is 4.95. The van der Waals surface area contributed by atoms with Crippen molar-refractivity contribution in [2.75, 3.05) is 6.54 Å². The van der Waals surface area contributed by atoms with Crippen LogP contribution in [0.3, 0.4) is 0 Å². The smallest absolute Gasteiger partial charge is 0.350 e. The lowest BCUT2D eigenvalue weighted by molar-refractivity contribution is -0.141. The number of fused-ring (bicyclic) bond motifs is 1. The standard InChI is InChI=1S/C21H25F3N4/c1-14(18-13-27(2)19-6-4-3-5-17(18)19)10-25-11-16-9-20(21(22,23)24)26-28(16)12-15-7-8-15/h3-6,9,13-15,25H,7-8,10-12H2,1-2H3. The highest BCUT2D eigenvalue weighted by molar-refractivity contribution is 5.84. The van der Waals surface area contributed by atoms with Gasteiger partial charge in [0, 0.05) is 43.8 Å². The molecule has 1 N–H and O–H groups in total. The van der Waals surface area contributed by atoms with Gasteiger partial charge >= 0.3 is 6.18 Å².